The molecule has 0 bridgehead atoms. The number of benzene rings is 3. The van der Waals surface area contributed by atoms with Gasteiger partial charge in [0.05, 0.1) is 21.8 Å². The molecule has 0 aliphatic heterocycles. The van der Waals surface area contributed by atoms with Gasteiger partial charge in [0.1, 0.15) is 11.6 Å². The highest BCUT2D eigenvalue weighted by Crippen LogP contribution is 2.23. The van der Waals surface area contributed by atoms with Gasteiger partial charge in [0.2, 0.25) is 0 Å². The van der Waals surface area contributed by atoms with Crippen LogP contribution < -0.4 is 10.0 Å². The van der Waals surface area contributed by atoms with E-state index in [1.807, 2.05) is 0 Å². The molecule has 0 atom stereocenters. The van der Waals surface area contributed by atoms with Crippen LogP contribution in [0.5, 0.6) is 0 Å². The number of halogens is 2. The smallest absolute Gasteiger partial charge is 0.262 e. The van der Waals surface area contributed by atoms with Crippen molar-refractivity contribution in [3.63, 3.8) is 0 Å². The Bertz CT molecular complexity index is 1150. The van der Waals surface area contributed by atoms with Crippen LogP contribution in [0, 0.1) is 18.6 Å². The van der Waals surface area contributed by atoms with E-state index in [0.717, 1.165) is 24.3 Å². The van der Waals surface area contributed by atoms with E-state index in [1.54, 1.807) is 31.2 Å². The fraction of sp³-hybridized carbons (Fsp3) is 0.0500. The molecule has 144 valence electrons. The summed E-state index contributed by atoms with van der Waals surface area (Å²) >= 11 is 0. The summed E-state index contributed by atoms with van der Waals surface area (Å²) in [4.78, 5) is 11.8. The largest absolute Gasteiger partial charge is 0.319 e. The maximum Gasteiger partial charge on any atom is 0.262 e. The number of aryl methyl sites for hydroxylation is 1. The minimum atomic E-state index is -4.03. The summed E-state index contributed by atoms with van der Waals surface area (Å²) in [7, 11) is -4.03. The Hall–Kier alpha value is -3.26. The van der Waals surface area contributed by atoms with Gasteiger partial charge in [-0.05, 0) is 48.9 Å². The SMILES string of the molecule is Cc1ccccc1NS(=O)(=O)c1ccc(NC(=O)c2ccccc2F)c(F)c1. The lowest BCUT2D eigenvalue weighted by atomic mass is 10.2. The molecule has 8 heteroatoms. The summed E-state index contributed by atoms with van der Waals surface area (Å²) in [5.41, 5.74) is 0.572. The van der Waals surface area contributed by atoms with Gasteiger partial charge >= 0.3 is 0 Å². The topological polar surface area (TPSA) is 75.3 Å². The first-order valence-corrected chi connectivity index (χ1v) is 9.70. The molecule has 0 saturated heterocycles. The second-order valence-corrected chi connectivity index (χ2v) is 7.68. The Kier molecular flexibility index (Phi) is 5.41. The lowest BCUT2D eigenvalue weighted by Crippen LogP contribution is -2.16. The molecule has 2 N–H and O–H groups in total. The summed E-state index contributed by atoms with van der Waals surface area (Å²) in [6, 6.07) is 15.1. The molecule has 0 aromatic heterocycles. The van der Waals surface area contributed by atoms with Gasteiger partial charge < -0.3 is 5.32 Å². The molecule has 0 fully saturated rings. The maximum absolute atomic E-state index is 14.4. The number of amides is 1. The number of rotatable bonds is 5. The molecule has 0 heterocycles. The minimum absolute atomic E-state index is 0.250. The Morgan fingerprint density at radius 3 is 2.21 bits per heavy atom. The van der Waals surface area contributed by atoms with E-state index in [-0.39, 0.29) is 16.1 Å². The van der Waals surface area contributed by atoms with Gasteiger partial charge in [-0.15, -0.1) is 0 Å². The van der Waals surface area contributed by atoms with Crippen molar-refractivity contribution in [2.24, 2.45) is 0 Å². The van der Waals surface area contributed by atoms with E-state index < -0.39 is 27.6 Å². The Morgan fingerprint density at radius 2 is 1.54 bits per heavy atom. The van der Waals surface area contributed by atoms with E-state index >= 15 is 0 Å². The first-order valence-electron chi connectivity index (χ1n) is 8.22. The predicted molar refractivity (Wildman–Crippen MR) is 103 cm³/mol. The van der Waals surface area contributed by atoms with Gasteiger partial charge in [-0.25, -0.2) is 17.2 Å². The second kappa shape index (κ2) is 7.77. The van der Waals surface area contributed by atoms with Crippen molar-refractivity contribution in [2.45, 2.75) is 11.8 Å². The quantitative estimate of drug-likeness (QED) is 0.667. The van der Waals surface area contributed by atoms with E-state index in [1.165, 1.54) is 18.2 Å². The standard InChI is InChI=1S/C20H16F2N2O3S/c1-13-6-2-5-9-18(13)24-28(26,27)14-10-11-19(17(22)12-14)23-20(25)15-7-3-4-8-16(15)21/h2-12,24H,1H3,(H,23,25). The van der Waals surface area contributed by atoms with Crippen molar-refractivity contribution in [1.82, 2.24) is 0 Å². The number of carbonyl (C=O) groups excluding carboxylic acids is 1. The molecule has 3 rings (SSSR count). The van der Waals surface area contributed by atoms with Crippen LogP contribution in [0.4, 0.5) is 20.2 Å². The van der Waals surface area contributed by atoms with Gasteiger partial charge in [-0.1, -0.05) is 30.3 Å². The highest BCUT2D eigenvalue weighted by Gasteiger charge is 2.19. The Morgan fingerprint density at radius 1 is 0.857 bits per heavy atom. The number of sulfonamides is 1. The van der Waals surface area contributed by atoms with Crippen molar-refractivity contribution in [1.29, 1.82) is 0 Å². The van der Waals surface area contributed by atoms with Crippen molar-refractivity contribution < 1.29 is 22.0 Å². The van der Waals surface area contributed by atoms with Crippen LogP contribution in [0.3, 0.4) is 0 Å². The molecular formula is C20H16F2N2O3S. The van der Waals surface area contributed by atoms with Crippen LogP contribution in [-0.4, -0.2) is 14.3 Å². The van der Waals surface area contributed by atoms with Crippen LogP contribution in [0.1, 0.15) is 15.9 Å². The molecule has 5 nitrogen and oxygen atoms in total. The van der Waals surface area contributed by atoms with Crippen LogP contribution >= 0.6 is 0 Å². The third-order valence-corrected chi connectivity index (χ3v) is 5.37. The third kappa shape index (κ3) is 4.17. The summed E-state index contributed by atoms with van der Waals surface area (Å²) < 4.78 is 55.4. The highest BCUT2D eigenvalue weighted by molar-refractivity contribution is 7.92. The van der Waals surface area contributed by atoms with E-state index in [4.69, 9.17) is 0 Å². The zero-order chi connectivity index (χ0) is 20.3. The van der Waals surface area contributed by atoms with Crippen LogP contribution in [0.15, 0.2) is 71.6 Å². The molecule has 0 aliphatic carbocycles. The number of carbonyl (C=O) groups is 1. The summed E-state index contributed by atoms with van der Waals surface area (Å²) in [6.07, 6.45) is 0. The zero-order valence-electron chi connectivity index (χ0n) is 14.7. The zero-order valence-corrected chi connectivity index (χ0v) is 15.6. The number of nitrogens with one attached hydrogen (secondary N) is 2. The van der Waals surface area contributed by atoms with Gasteiger partial charge in [0.15, 0.2) is 0 Å². The number of hydrogen-bond acceptors (Lipinski definition) is 3. The molecule has 0 unspecified atom stereocenters. The number of anilines is 2. The monoisotopic (exact) mass is 402 g/mol. The van der Waals surface area contributed by atoms with E-state index in [0.29, 0.717) is 11.3 Å². The summed E-state index contributed by atoms with van der Waals surface area (Å²) in [5, 5.41) is 2.24. The number of para-hydroxylation sites is 1. The second-order valence-electron chi connectivity index (χ2n) is 6.00. The van der Waals surface area contributed by atoms with Gasteiger partial charge in [0, 0.05) is 0 Å². The molecule has 0 saturated carbocycles. The number of hydrogen-bond donors (Lipinski definition) is 2. The Balaban J connectivity index is 1.83. The van der Waals surface area contributed by atoms with Crippen LogP contribution in [0.2, 0.25) is 0 Å². The van der Waals surface area contributed by atoms with Crippen LogP contribution in [0.25, 0.3) is 0 Å². The third-order valence-electron chi connectivity index (χ3n) is 4.01. The first kappa shape index (κ1) is 19.5. The minimum Gasteiger partial charge on any atom is -0.319 e. The fourth-order valence-electron chi connectivity index (χ4n) is 2.49. The first-order chi connectivity index (χ1) is 13.3. The fourth-order valence-corrected chi connectivity index (χ4v) is 3.63. The van der Waals surface area contributed by atoms with Gasteiger partial charge in [-0.2, -0.15) is 0 Å². The Labute approximate surface area is 161 Å². The molecule has 0 radical (unpaired) electrons. The molecule has 3 aromatic carbocycles. The van der Waals surface area contributed by atoms with Crippen LogP contribution in [-0.2, 0) is 10.0 Å². The van der Waals surface area contributed by atoms with Crippen molar-refractivity contribution in [3.8, 4) is 0 Å². The molecule has 1 amide bonds. The van der Waals surface area contributed by atoms with E-state index in [2.05, 4.69) is 10.0 Å². The molecular weight excluding hydrogens is 386 g/mol. The average Bonchev–Trinajstić information content (AvgIpc) is 2.65. The maximum atomic E-state index is 14.4. The highest BCUT2D eigenvalue weighted by atomic mass is 32.2. The predicted octanol–water partition coefficient (Wildman–Crippen LogP) is 4.33. The van der Waals surface area contributed by atoms with Crippen molar-refractivity contribution in [3.05, 3.63) is 89.5 Å². The van der Waals surface area contributed by atoms with E-state index in [9.17, 15) is 22.0 Å². The average molecular weight is 402 g/mol. The molecule has 0 aliphatic rings. The van der Waals surface area contributed by atoms with Gasteiger partial charge in [0.25, 0.3) is 15.9 Å². The lowest BCUT2D eigenvalue weighted by molar-refractivity contribution is 0.102. The molecule has 0 spiro atoms. The summed E-state index contributed by atoms with van der Waals surface area (Å²) in [6.45, 7) is 1.74. The van der Waals surface area contributed by atoms with Crippen molar-refractivity contribution >= 4 is 27.3 Å². The summed E-state index contributed by atoms with van der Waals surface area (Å²) in [5.74, 6) is -2.55. The van der Waals surface area contributed by atoms with Gasteiger partial charge in [-0.3, -0.25) is 9.52 Å². The van der Waals surface area contributed by atoms with Crippen molar-refractivity contribution in [2.75, 3.05) is 10.0 Å². The molecule has 28 heavy (non-hydrogen) atoms. The lowest BCUT2D eigenvalue weighted by Gasteiger charge is -2.12. The molecule has 3 aromatic rings. The normalized spacial score (nSPS) is 11.1.